The molecule has 0 N–H and O–H groups in total. The quantitative estimate of drug-likeness (QED) is 0.711. The van der Waals surface area contributed by atoms with Gasteiger partial charge in [-0.3, -0.25) is 0 Å². The number of nitrogens with zero attached hydrogens (tertiary/aromatic N) is 3. The predicted octanol–water partition coefficient (Wildman–Crippen LogP) is 2.03. The fourth-order valence-corrected chi connectivity index (χ4v) is 4.48. The van der Waals surface area contributed by atoms with Crippen molar-refractivity contribution in [2.75, 3.05) is 26.8 Å². The molecule has 0 spiro atoms. The Morgan fingerprint density at radius 2 is 1.93 bits per heavy atom. The van der Waals surface area contributed by atoms with Gasteiger partial charge >= 0.3 is 0 Å². The van der Waals surface area contributed by atoms with Crippen LogP contribution in [0, 0.1) is 6.92 Å². The molecule has 1 atom stereocenters. The van der Waals surface area contributed by atoms with Gasteiger partial charge in [-0.2, -0.15) is 4.31 Å². The van der Waals surface area contributed by atoms with Crippen LogP contribution in [0.15, 0.2) is 35.2 Å². The van der Waals surface area contributed by atoms with Crippen molar-refractivity contribution < 1.29 is 22.6 Å². The van der Waals surface area contributed by atoms with Crippen LogP contribution in [0.5, 0.6) is 17.5 Å². The predicted molar refractivity (Wildman–Crippen MR) is 98.7 cm³/mol. The van der Waals surface area contributed by atoms with Crippen molar-refractivity contribution in [2.45, 2.75) is 31.3 Å². The van der Waals surface area contributed by atoms with Crippen LogP contribution in [0.25, 0.3) is 0 Å². The van der Waals surface area contributed by atoms with Crippen molar-refractivity contribution in [3.05, 3.63) is 35.9 Å². The van der Waals surface area contributed by atoms with Crippen molar-refractivity contribution in [2.24, 2.45) is 0 Å². The molecule has 2 aromatic rings. The topological polar surface area (TPSA) is 90.9 Å². The van der Waals surface area contributed by atoms with Crippen LogP contribution in [0.2, 0.25) is 0 Å². The summed E-state index contributed by atoms with van der Waals surface area (Å²) in [6, 6.07) is 8.22. The molecule has 1 aliphatic heterocycles. The summed E-state index contributed by atoms with van der Waals surface area (Å²) in [5.41, 5.74) is 0.790. The minimum Gasteiger partial charge on any atom is -0.494 e. The van der Waals surface area contributed by atoms with Gasteiger partial charge in [0.25, 0.3) is 0 Å². The van der Waals surface area contributed by atoms with Crippen LogP contribution >= 0.6 is 0 Å². The molecule has 1 fully saturated rings. The van der Waals surface area contributed by atoms with Gasteiger partial charge in [-0.25, -0.2) is 8.42 Å². The Labute approximate surface area is 159 Å². The van der Waals surface area contributed by atoms with Crippen molar-refractivity contribution >= 4 is 10.0 Å². The van der Waals surface area contributed by atoms with E-state index in [2.05, 4.69) is 10.2 Å². The van der Waals surface area contributed by atoms with Crippen molar-refractivity contribution in [3.63, 3.8) is 0 Å². The first-order valence-electron chi connectivity index (χ1n) is 8.72. The third-order valence-electron chi connectivity index (χ3n) is 4.30. The number of ether oxygens (including phenoxy) is 3. The van der Waals surface area contributed by atoms with E-state index >= 15 is 0 Å². The number of aryl methyl sites for hydroxylation is 1. The third kappa shape index (κ3) is 4.30. The summed E-state index contributed by atoms with van der Waals surface area (Å²) >= 11 is 0. The maximum absolute atomic E-state index is 12.9. The second-order valence-electron chi connectivity index (χ2n) is 6.17. The summed E-state index contributed by atoms with van der Waals surface area (Å²) in [7, 11) is -2.08. The molecule has 8 nitrogen and oxygen atoms in total. The second kappa shape index (κ2) is 8.10. The van der Waals surface area contributed by atoms with Gasteiger partial charge in [-0.1, -0.05) is 0 Å². The SMILES string of the molecule is CCOc1ccc(S(=O)(=O)N2CCC(Oc3ccc(OC)nn3)C2)cc1C. The third-order valence-corrected chi connectivity index (χ3v) is 6.17. The Balaban J connectivity index is 1.68. The first kappa shape index (κ1) is 19.4. The number of rotatable bonds is 7. The lowest BCUT2D eigenvalue weighted by molar-refractivity contribution is 0.203. The summed E-state index contributed by atoms with van der Waals surface area (Å²) in [6.45, 7) is 4.92. The maximum atomic E-state index is 12.9. The summed E-state index contributed by atoms with van der Waals surface area (Å²) in [5, 5.41) is 7.76. The van der Waals surface area contributed by atoms with Gasteiger partial charge in [0, 0.05) is 18.7 Å². The lowest BCUT2D eigenvalue weighted by atomic mass is 10.2. The van der Waals surface area contributed by atoms with Crippen LogP contribution in [-0.4, -0.2) is 55.8 Å². The van der Waals surface area contributed by atoms with Crippen LogP contribution < -0.4 is 14.2 Å². The van der Waals surface area contributed by atoms with Gasteiger partial charge in [0.15, 0.2) is 0 Å². The minimum atomic E-state index is -3.59. The molecule has 1 saturated heterocycles. The standard InChI is InChI=1S/C18H23N3O5S/c1-4-25-16-6-5-15(11-13(16)2)27(22,23)21-10-9-14(12-21)26-18-8-7-17(24-3)19-20-18/h5-8,11,14H,4,9-10,12H2,1-3H3. The summed E-state index contributed by atoms with van der Waals surface area (Å²) in [5.74, 6) is 1.43. The lowest BCUT2D eigenvalue weighted by Crippen LogP contribution is -2.31. The molecule has 3 rings (SSSR count). The van der Waals surface area contributed by atoms with E-state index in [-0.39, 0.29) is 17.5 Å². The normalized spacial score (nSPS) is 17.7. The molecule has 0 amide bonds. The molecule has 146 valence electrons. The van der Waals surface area contributed by atoms with Gasteiger partial charge in [0.2, 0.25) is 21.8 Å². The Hall–Kier alpha value is -2.39. The Morgan fingerprint density at radius 3 is 2.56 bits per heavy atom. The highest BCUT2D eigenvalue weighted by molar-refractivity contribution is 7.89. The van der Waals surface area contributed by atoms with Crippen LogP contribution in [0.4, 0.5) is 0 Å². The lowest BCUT2D eigenvalue weighted by Gasteiger charge is -2.18. The smallest absolute Gasteiger partial charge is 0.243 e. The van der Waals surface area contributed by atoms with Crippen molar-refractivity contribution in [1.29, 1.82) is 0 Å². The molecule has 0 radical (unpaired) electrons. The molecular weight excluding hydrogens is 370 g/mol. The molecular formula is C18H23N3O5S. The fourth-order valence-electron chi connectivity index (χ4n) is 2.91. The molecule has 1 unspecified atom stereocenters. The molecule has 1 aromatic carbocycles. The fraction of sp³-hybridized carbons (Fsp3) is 0.444. The Kier molecular flexibility index (Phi) is 5.81. The second-order valence-corrected chi connectivity index (χ2v) is 8.10. The van der Waals surface area contributed by atoms with E-state index in [0.717, 1.165) is 5.56 Å². The summed E-state index contributed by atoms with van der Waals surface area (Å²) in [4.78, 5) is 0.258. The van der Waals surface area contributed by atoms with Gasteiger partial charge in [-0.05, 0) is 44.0 Å². The monoisotopic (exact) mass is 393 g/mol. The average molecular weight is 393 g/mol. The molecule has 9 heteroatoms. The highest BCUT2D eigenvalue weighted by Gasteiger charge is 2.34. The van der Waals surface area contributed by atoms with E-state index in [1.165, 1.54) is 11.4 Å². The van der Waals surface area contributed by atoms with E-state index < -0.39 is 10.0 Å². The molecule has 1 aliphatic rings. The Morgan fingerprint density at radius 1 is 1.19 bits per heavy atom. The van der Waals surface area contributed by atoms with E-state index in [1.54, 1.807) is 30.3 Å². The zero-order valence-electron chi connectivity index (χ0n) is 15.6. The number of sulfonamides is 1. The number of hydrogen-bond donors (Lipinski definition) is 0. The van der Waals surface area contributed by atoms with Gasteiger partial charge in [0.05, 0.1) is 25.2 Å². The first-order chi connectivity index (χ1) is 12.9. The van der Waals surface area contributed by atoms with E-state index in [0.29, 0.717) is 37.1 Å². The van der Waals surface area contributed by atoms with Crippen molar-refractivity contribution in [3.8, 4) is 17.5 Å². The number of hydrogen-bond acceptors (Lipinski definition) is 7. The highest BCUT2D eigenvalue weighted by atomic mass is 32.2. The Bertz CT molecular complexity index is 886. The summed E-state index contributed by atoms with van der Waals surface area (Å²) < 4.78 is 43.5. The largest absolute Gasteiger partial charge is 0.494 e. The van der Waals surface area contributed by atoms with Gasteiger partial charge < -0.3 is 14.2 Å². The van der Waals surface area contributed by atoms with Gasteiger partial charge in [-0.15, -0.1) is 10.2 Å². The van der Waals surface area contributed by atoms with Crippen LogP contribution in [0.3, 0.4) is 0 Å². The molecule has 0 saturated carbocycles. The van der Waals surface area contributed by atoms with E-state index in [1.807, 2.05) is 13.8 Å². The van der Waals surface area contributed by atoms with Gasteiger partial charge in [0.1, 0.15) is 11.9 Å². The zero-order valence-corrected chi connectivity index (χ0v) is 16.4. The highest BCUT2D eigenvalue weighted by Crippen LogP contribution is 2.27. The van der Waals surface area contributed by atoms with Crippen molar-refractivity contribution in [1.82, 2.24) is 14.5 Å². The van der Waals surface area contributed by atoms with Crippen LogP contribution in [0.1, 0.15) is 18.9 Å². The number of aromatic nitrogens is 2. The summed E-state index contributed by atoms with van der Waals surface area (Å²) in [6.07, 6.45) is 0.314. The average Bonchev–Trinajstić information content (AvgIpc) is 3.13. The molecule has 0 aliphatic carbocycles. The van der Waals surface area contributed by atoms with E-state index in [9.17, 15) is 8.42 Å². The number of methoxy groups -OCH3 is 1. The van der Waals surface area contributed by atoms with Crippen LogP contribution in [-0.2, 0) is 10.0 Å². The number of benzene rings is 1. The van der Waals surface area contributed by atoms with E-state index in [4.69, 9.17) is 14.2 Å². The first-order valence-corrected chi connectivity index (χ1v) is 10.2. The molecule has 27 heavy (non-hydrogen) atoms. The molecule has 2 heterocycles. The zero-order chi connectivity index (χ0) is 19.4. The maximum Gasteiger partial charge on any atom is 0.243 e. The molecule has 1 aromatic heterocycles. The minimum absolute atomic E-state index is 0.258. The molecule has 0 bridgehead atoms.